The van der Waals surface area contributed by atoms with Crippen molar-refractivity contribution in [2.45, 2.75) is 58.1 Å². The standard InChI is InChI=1S/C19H24N2O2S/c1-14-13-24-18(20-14)12-23-17-10-8-15(9-11-17)19(22)21-16-6-4-2-3-5-7-16/h8-11,13,16H,2-7,12H2,1H3,(H,21,22). The molecule has 1 aromatic heterocycles. The number of thiazole rings is 1. The lowest BCUT2D eigenvalue weighted by molar-refractivity contribution is 0.0933. The molecule has 0 spiro atoms. The van der Waals surface area contributed by atoms with Crippen LogP contribution in [0.2, 0.25) is 0 Å². The van der Waals surface area contributed by atoms with Crippen LogP contribution in [0.15, 0.2) is 29.6 Å². The van der Waals surface area contributed by atoms with Crippen LogP contribution < -0.4 is 10.1 Å². The Morgan fingerprint density at radius 2 is 1.92 bits per heavy atom. The second kappa shape index (κ2) is 8.29. The molecule has 0 aliphatic heterocycles. The number of aromatic nitrogens is 1. The average Bonchev–Trinajstić information content (AvgIpc) is 2.84. The number of amides is 1. The van der Waals surface area contributed by atoms with Crippen LogP contribution in [0.3, 0.4) is 0 Å². The first-order chi connectivity index (χ1) is 11.7. The summed E-state index contributed by atoms with van der Waals surface area (Å²) in [4.78, 5) is 16.7. The maximum absolute atomic E-state index is 12.4. The molecule has 5 heteroatoms. The number of nitrogens with one attached hydrogen (secondary N) is 1. The number of ether oxygens (including phenoxy) is 1. The van der Waals surface area contributed by atoms with Crippen molar-refractivity contribution >= 4 is 17.2 Å². The number of rotatable bonds is 5. The SMILES string of the molecule is Cc1csc(COc2ccc(C(=O)NC3CCCCCC3)cc2)n1. The molecule has 0 radical (unpaired) electrons. The highest BCUT2D eigenvalue weighted by Gasteiger charge is 2.15. The Hall–Kier alpha value is -1.88. The van der Waals surface area contributed by atoms with Gasteiger partial charge in [0.25, 0.3) is 5.91 Å². The van der Waals surface area contributed by atoms with Crippen molar-refractivity contribution in [3.8, 4) is 5.75 Å². The number of hydrogen-bond acceptors (Lipinski definition) is 4. The van der Waals surface area contributed by atoms with Crippen molar-refractivity contribution in [2.24, 2.45) is 0 Å². The lowest BCUT2D eigenvalue weighted by Gasteiger charge is -2.16. The summed E-state index contributed by atoms with van der Waals surface area (Å²) in [5, 5.41) is 6.14. The highest BCUT2D eigenvalue weighted by atomic mass is 32.1. The second-order valence-electron chi connectivity index (χ2n) is 6.36. The van der Waals surface area contributed by atoms with Gasteiger partial charge >= 0.3 is 0 Å². The Kier molecular flexibility index (Phi) is 5.86. The van der Waals surface area contributed by atoms with Crippen LogP contribution >= 0.6 is 11.3 Å². The van der Waals surface area contributed by atoms with E-state index in [1.165, 1.54) is 25.7 Å². The molecule has 0 bridgehead atoms. The van der Waals surface area contributed by atoms with E-state index in [4.69, 9.17) is 4.74 Å². The molecule has 0 saturated heterocycles. The summed E-state index contributed by atoms with van der Waals surface area (Å²) in [5.74, 6) is 0.776. The first-order valence-electron chi connectivity index (χ1n) is 8.65. The van der Waals surface area contributed by atoms with E-state index in [-0.39, 0.29) is 5.91 Å². The Balaban J connectivity index is 1.52. The number of carbonyl (C=O) groups is 1. The summed E-state index contributed by atoms with van der Waals surface area (Å²) in [5.41, 5.74) is 1.71. The topological polar surface area (TPSA) is 51.2 Å². The fourth-order valence-corrected chi connectivity index (χ4v) is 3.69. The van der Waals surface area contributed by atoms with E-state index < -0.39 is 0 Å². The van der Waals surface area contributed by atoms with Crippen molar-refractivity contribution in [3.05, 3.63) is 45.9 Å². The molecule has 3 rings (SSSR count). The van der Waals surface area contributed by atoms with Gasteiger partial charge in [0.15, 0.2) is 0 Å². The van der Waals surface area contributed by atoms with Gasteiger partial charge in [-0.15, -0.1) is 11.3 Å². The summed E-state index contributed by atoms with van der Waals surface area (Å²) in [6.45, 7) is 2.44. The van der Waals surface area contributed by atoms with Crippen molar-refractivity contribution in [2.75, 3.05) is 0 Å². The predicted molar refractivity (Wildman–Crippen MR) is 96.6 cm³/mol. The van der Waals surface area contributed by atoms with Crippen molar-refractivity contribution in [1.29, 1.82) is 0 Å². The highest BCUT2D eigenvalue weighted by Crippen LogP contribution is 2.19. The monoisotopic (exact) mass is 344 g/mol. The molecule has 24 heavy (non-hydrogen) atoms. The Labute approximate surface area is 147 Å². The van der Waals surface area contributed by atoms with Crippen molar-refractivity contribution in [1.82, 2.24) is 10.3 Å². The van der Waals surface area contributed by atoms with E-state index in [1.54, 1.807) is 11.3 Å². The number of nitrogens with zero attached hydrogens (tertiary/aromatic N) is 1. The molecule has 0 atom stereocenters. The molecule has 1 aromatic carbocycles. The van der Waals surface area contributed by atoms with Crippen molar-refractivity contribution < 1.29 is 9.53 Å². The molecular weight excluding hydrogens is 320 g/mol. The minimum Gasteiger partial charge on any atom is -0.486 e. The molecular formula is C19H24N2O2S. The Morgan fingerprint density at radius 3 is 2.54 bits per heavy atom. The number of carbonyl (C=O) groups excluding carboxylic acids is 1. The summed E-state index contributed by atoms with van der Waals surface area (Å²) in [6, 6.07) is 7.68. The number of aryl methyl sites for hydroxylation is 1. The highest BCUT2D eigenvalue weighted by molar-refractivity contribution is 7.09. The fourth-order valence-electron chi connectivity index (χ4n) is 3.01. The molecule has 1 N–H and O–H groups in total. The van der Waals surface area contributed by atoms with Gasteiger partial charge in [-0.25, -0.2) is 4.98 Å². The minimum absolute atomic E-state index is 0.0176. The van der Waals surface area contributed by atoms with Gasteiger partial charge in [-0.2, -0.15) is 0 Å². The molecule has 128 valence electrons. The van der Waals surface area contributed by atoms with Gasteiger partial charge < -0.3 is 10.1 Å². The summed E-state index contributed by atoms with van der Waals surface area (Å²) >= 11 is 1.60. The van der Waals surface area contributed by atoms with Gasteiger partial charge in [0.05, 0.1) is 0 Å². The lowest BCUT2D eigenvalue weighted by atomic mass is 10.1. The van der Waals surface area contributed by atoms with Crippen LogP contribution in [0.25, 0.3) is 0 Å². The van der Waals surface area contributed by atoms with E-state index in [1.807, 2.05) is 36.6 Å². The zero-order valence-electron chi connectivity index (χ0n) is 14.1. The van der Waals surface area contributed by atoms with Crippen LogP contribution in [-0.2, 0) is 6.61 Å². The molecule has 1 fully saturated rings. The number of hydrogen-bond donors (Lipinski definition) is 1. The van der Waals surface area contributed by atoms with Gasteiger partial charge in [0.1, 0.15) is 17.4 Å². The molecule has 2 aromatic rings. The third-order valence-electron chi connectivity index (χ3n) is 4.34. The summed E-state index contributed by atoms with van der Waals surface area (Å²) < 4.78 is 5.72. The van der Waals surface area contributed by atoms with Gasteiger partial charge in [0.2, 0.25) is 0 Å². The zero-order chi connectivity index (χ0) is 16.8. The zero-order valence-corrected chi connectivity index (χ0v) is 14.9. The van der Waals surface area contributed by atoms with Crippen molar-refractivity contribution in [3.63, 3.8) is 0 Å². The van der Waals surface area contributed by atoms with E-state index in [2.05, 4.69) is 10.3 Å². The quantitative estimate of drug-likeness (QED) is 0.814. The molecule has 1 amide bonds. The molecule has 1 heterocycles. The average molecular weight is 344 g/mol. The molecule has 4 nitrogen and oxygen atoms in total. The minimum atomic E-state index is 0.0176. The molecule has 1 aliphatic rings. The normalized spacial score (nSPS) is 15.7. The largest absolute Gasteiger partial charge is 0.486 e. The lowest BCUT2D eigenvalue weighted by Crippen LogP contribution is -2.34. The van der Waals surface area contributed by atoms with E-state index >= 15 is 0 Å². The third-order valence-corrected chi connectivity index (χ3v) is 5.28. The third kappa shape index (κ3) is 4.81. The van der Waals surface area contributed by atoms with Crippen LogP contribution in [0.1, 0.15) is 59.6 Å². The maximum Gasteiger partial charge on any atom is 0.251 e. The predicted octanol–water partition coefficient (Wildman–Crippen LogP) is 4.48. The first-order valence-corrected chi connectivity index (χ1v) is 9.53. The van der Waals surface area contributed by atoms with E-state index in [0.29, 0.717) is 18.2 Å². The number of benzene rings is 1. The fraction of sp³-hybridized carbons (Fsp3) is 0.474. The molecule has 1 saturated carbocycles. The maximum atomic E-state index is 12.4. The van der Waals surface area contributed by atoms with Crippen LogP contribution in [0, 0.1) is 6.92 Å². The van der Waals surface area contributed by atoms with Crippen LogP contribution in [0.5, 0.6) is 5.75 Å². The van der Waals surface area contributed by atoms with Crippen LogP contribution in [-0.4, -0.2) is 16.9 Å². The molecule has 0 unspecified atom stereocenters. The molecule has 1 aliphatic carbocycles. The summed E-state index contributed by atoms with van der Waals surface area (Å²) in [6.07, 6.45) is 7.20. The smallest absolute Gasteiger partial charge is 0.251 e. The van der Waals surface area contributed by atoms with Gasteiger partial charge in [-0.1, -0.05) is 25.7 Å². The van der Waals surface area contributed by atoms with E-state index in [0.717, 1.165) is 29.3 Å². The first kappa shape index (κ1) is 17.0. The Bertz CT molecular complexity index is 658. The van der Waals surface area contributed by atoms with Gasteiger partial charge in [-0.3, -0.25) is 4.79 Å². The Morgan fingerprint density at radius 1 is 1.21 bits per heavy atom. The summed E-state index contributed by atoms with van der Waals surface area (Å²) in [7, 11) is 0. The van der Waals surface area contributed by atoms with Crippen LogP contribution in [0.4, 0.5) is 0 Å². The second-order valence-corrected chi connectivity index (χ2v) is 7.30. The van der Waals surface area contributed by atoms with E-state index in [9.17, 15) is 4.79 Å². The van der Waals surface area contributed by atoms with Gasteiger partial charge in [-0.05, 0) is 44.0 Å². The van der Waals surface area contributed by atoms with Gasteiger partial charge in [0, 0.05) is 22.7 Å².